The molecule has 0 bridgehead atoms. The van der Waals surface area contributed by atoms with Gasteiger partial charge in [-0.3, -0.25) is 0 Å². The van der Waals surface area contributed by atoms with Crippen molar-refractivity contribution in [2.45, 2.75) is 66.2 Å². The van der Waals surface area contributed by atoms with E-state index in [0.717, 1.165) is 121 Å². The molecule has 3 aromatic heterocycles. The first kappa shape index (κ1) is 42.8. The zero-order valence-corrected chi connectivity index (χ0v) is 41.4. The Labute approximate surface area is 413 Å². The van der Waals surface area contributed by atoms with E-state index in [1.54, 1.807) is 0 Å². The van der Waals surface area contributed by atoms with Crippen LogP contribution in [-0.4, -0.2) is 0 Å². The summed E-state index contributed by atoms with van der Waals surface area (Å²) < 4.78 is 20.7. The van der Waals surface area contributed by atoms with Crippen molar-refractivity contribution >= 4 is 121 Å². The molecule has 0 saturated carbocycles. The number of fused-ring (bicyclic) bond motifs is 13. The molecule has 0 aliphatic rings. The summed E-state index contributed by atoms with van der Waals surface area (Å²) >= 11 is 0. The standard InChI is InChI=1S/C66H54N2O3/c1-39-17-9-11-25-53(39)67(55-27-15-21-49-47-19-13-23-51(65(3,4)5)61(47)70-63(49)55)43-31-33-45-41(37-43)29-35-57-59(45)60-46-34-32-44(38-42(46)30-36-58(60)69-57)68(54-26-12-10-18-40(54)2)56-28-16-22-50-48-20-14-24-52(66(6,7)8)62(48)71-64(50)56/h9-38H,1-8H3. The first-order valence-corrected chi connectivity index (χ1v) is 24.7. The molecule has 71 heavy (non-hydrogen) atoms. The number of anilines is 6. The van der Waals surface area contributed by atoms with E-state index < -0.39 is 0 Å². The van der Waals surface area contributed by atoms with Crippen molar-refractivity contribution in [1.29, 1.82) is 0 Å². The van der Waals surface area contributed by atoms with Crippen molar-refractivity contribution in [2.75, 3.05) is 9.80 Å². The lowest BCUT2D eigenvalue weighted by atomic mass is 9.86. The highest BCUT2D eigenvalue weighted by Gasteiger charge is 2.27. The maximum atomic E-state index is 6.99. The molecule has 0 saturated heterocycles. The summed E-state index contributed by atoms with van der Waals surface area (Å²) in [7, 11) is 0. The Morgan fingerprint density at radius 1 is 0.324 bits per heavy atom. The Morgan fingerprint density at radius 3 is 1.11 bits per heavy atom. The molecular weight excluding hydrogens is 869 g/mol. The van der Waals surface area contributed by atoms with Crippen LogP contribution in [0.5, 0.6) is 0 Å². The zero-order valence-electron chi connectivity index (χ0n) is 41.4. The Kier molecular flexibility index (Phi) is 9.41. The Bertz CT molecular complexity index is 4030. The first-order valence-electron chi connectivity index (χ1n) is 24.7. The van der Waals surface area contributed by atoms with Crippen LogP contribution in [0.1, 0.15) is 63.8 Å². The van der Waals surface area contributed by atoms with Gasteiger partial charge < -0.3 is 23.1 Å². The molecular formula is C66H54N2O3. The zero-order chi connectivity index (χ0) is 48.5. The van der Waals surface area contributed by atoms with E-state index >= 15 is 0 Å². The fraction of sp³-hybridized carbons (Fsp3) is 0.152. The van der Waals surface area contributed by atoms with Crippen LogP contribution in [0.15, 0.2) is 195 Å². The number of hydrogen-bond donors (Lipinski definition) is 0. The molecule has 3 heterocycles. The van der Waals surface area contributed by atoms with Crippen LogP contribution in [0, 0.1) is 13.8 Å². The van der Waals surface area contributed by atoms with Gasteiger partial charge in [0.25, 0.3) is 0 Å². The Hall–Kier alpha value is -8.28. The summed E-state index contributed by atoms with van der Waals surface area (Å²) in [6, 6.07) is 65.7. The van der Waals surface area contributed by atoms with Crippen molar-refractivity contribution in [3.05, 3.63) is 204 Å². The average Bonchev–Trinajstić information content (AvgIpc) is 4.07. The van der Waals surface area contributed by atoms with E-state index in [0.29, 0.717) is 0 Å². The topological polar surface area (TPSA) is 45.9 Å². The van der Waals surface area contributed by atoms with E-state index in [1.807, 2.05) is 0 Å². The van der Waals surface area contributed by atoms with Gasteiger partial charge in [0.2, 0.25) is 0 Å². The number of nitrogens with zero attached hydrogens (tertiary/aromatic N) is 2. The highest BCUT2D eigenvalue weighted by atomic mass is 16.3. The molecule has 0 atom stereocenters. The monoisotopic (exact) mass is 922 g/mol. The lowest BCUT2D eigenvalue weighted by Crippen LogP contribution is -2.11. The van der Waals surface area contributed by atoms with E-state index in [4.69, 9.17) is 13.3 Å². The minimum absolute atomic E-state index is 0.0815. The minimum atomic E-state index is -0.0815. The maximum Gasteiger partial charge on any atom is 0.159 e. The summed E-state index contributed by atoms with van der Waals surface area (Å²) in [6.45, 7) is 17.9. The largest absolute Gasteiger partial charge is 0.456 e. The van der Waals surface area contributed by atoms with Crippen molar-refractivity contribution in [3.8, 4) is 0 Å². The summed E-state index contributed by atoms with van der Waals surface area (Å²) in [4.78, 5) is 4.72. The molecule has 0 amide bonds. The number of hydrogen-bond acceptors (Lipinski definition) is 5. The second-order valence-corrected chi connectivity index (χ2v) is 21.4. The molecule has 0 aliphatic heterocycles. The van der Waals surface area contributed by atoms with Gasteiger partial charge in [0.05, 0.1) is 11.4 Å². The smallest absolute Gasteiger partial charge is 0.159 e. The van der Waals surface area contributed by atoms with Crippen LogP contribution in [0.3, 0.4) is 0 Å². The average molecular weight is 923 g/mol. The lowest BCUT2D eigenvalue weighted by molar-refractivity contribution is 0.572. The van der Waals surface area contributed by atoms with Gasteiger partial charge in [-0.15, -0.1) is 0 Å². The molecule has 0 unspecified atom stereocenters. The second-order valence-electron chi connectivity index (χ2n) is 21.4. The van der Waals surface area contributed by atoms with Crippen LogP contribution in [-0.2, 0) is 10.8 Å². The van der Waals surface area contributed by atoms with E-state index in [-0.39, 0.29) is 10.8 Å². The number of rotatable bonds is 6. The molecule has 0 aliphatic carbocycles. The highest BCUT2D eigenvalue weighted by molar-refractivity contribution is 6.27. The van der Waals surface area contributed by atoms with Crippen LogP contribution in [0.4, 0.5) is 34.1 Å². The Balaban J connectivity index is 0.984. The summed E-state index contributed by atoms with van der Waals surface area (Å²) in [6.07, 6.45) is 0. The number of furan rings is 3. The molecule has 10 aromatic carbocycles. The van der Waals surface area contributed by atoms with Crippen LogP contribution < -0.4 is 9.80 Å². The molecule has 0 fully saturated rings. The molecule has 0 spiro atoms. The van der Waals surface area contributed by atoms with Gasteiger partial charge in [0.15, 0.2) is 11.2 Å². The summed E-state index contributed by atoms with van der Waals surface area (Å²) in [5.41, 5.74) is 16.2. The molecule has 5 heteroatoms. The molecule has 5 nitrogen and oxygen atoms in total. The third kappa shape index (κ3) is 6.67. The maximum absolute atomic E-state index is 6.99. The van der Waals surface area contributed by atoms with Gasteiger partial charge in [-0.2, -0.15) is 0 Å². The van der Waals surface area contributed by atoms with Crippen molar-refractivity contribution in [1.82, 2.24) is 0 Å². The van der Waals surface area contributed by atoms with Gasteiger partial charge in [-0.1, -0.05) is 163 Å². The van der Waals surface area contributed by atoms with Crippen molar-refractivity contribution in [2.24, 2.45) is 0 Å². The quantitative estimate of drug-likeness (QED) is 0.166. The third-order valence-electron chi connectivity index (χ3n) is 14.7. The Morgan fingerprint density at radius 2 is 0.704 bits per heavy atom. The second kappa shape index (κ2) is 15.6. The fourth-order valence-corrected chi connectivity index (χ4v) is 11.3. The van der Waals surface area contributed by atoms with E-state index in [1.165, 1.54) is 22.3 Å². The van der Waals surface area contributed by atoms with Gasteiger partial charge >= 0.3 is 0 Å². The predicted octanol–water partition coefficient (Wildman–Crippen LogP) is 19.8. The van der Waals surface area contributed by atoms with Crippen LogP contribution >= 0.6 is 0 Å². The van der Waals surface area contributed by atoms with E-state index in [2.05, 4.69) is 247 Å². The molecule has 13 aromatic rings. The van der Waals surface area contributed by atoms with Crippen molar-refractivity contribution < 1.29 is 13.3 Å². The van der Waals surface area contributed by atoms with Crippen LogP contribution in [0.2, 0.25) is 0 Å². The van der Waals surface area contributed by atoms with Gasteiger partial charge in [-0.05, 0) is 118 Å². The molecule has 0 N–H and O–H groups in total. The normalized spacial score (nSPS) is 12.5. The number of para-hydroxylation sites is 6. The van der Waals surface area contributed by atoms with Crippen molar-refractivity contribution in [3.63, 3.8) is 0 Å². The molecule has 13 rings (SSSR count). The first-order chi connectivity index (χ1) is 34.3. The number of aryl methyl sites for hydroxylation is 2. The highest BCUT2D eigenvalue weighted by Crippen LogP contribution is 2.49. The third-order valence-corrected chi connectivity index (χ3v) is 14.7. The summed E-state index contributed by atoms with van der Waals surface area (Å²) in [5.74, 6) is 0. The van der Waals surface area contributed by atoms with Gasteiger partial charge in [0.1, 0.15) is 22.3 Å². The number of benzene rings is 10. The van der Waals surface area contributed by atoms with Gasteiger partial charge in [0, 0.05) is 66.2 Å². The molecule has 346 valence electrons. The van der Waals surface area contributed by atoms with Crippen LogP contribution in [0.25, 0.3) is 87.4 Å². The SMILES string of the molecule is Cc1ccccc1N(c1ccc2c(ccc3oc4ccc5cc(N(c6ccccc6C)c6cccc7c6oc6c(C(C)(C)C)cccc67)ccc5c4c32)c1)c1cccc2c1oc1c(C(C)(C)C)cccc12. The fourth-order valence-electron chi connectivity index (χ4n) is 11.3. The predicted molar refractivity (Wildman–Crippen MR) is 300 cm³/mol. The summed E-state index contributed by atoms with van der Waals surface area (Å²) in [5, 5.41) is 11.2. The van der Waals surface area contributed by atoms with Gasteiger partial charge in [-0.25, -0.2) is 0 Å². The lowest BCUT2D eigenvalue weighted by Gasteiger charge is -2.27. The molecule has 0 radical (unpaired) electrons. The minimum Gasteiger partial charge on any atom is -0.456 e. The van der Waals surface area contributed by atoms with E-state index in [9.17, 15) is 0 Å².